The minimum Gasteiger partial charge on any atom is -0.480 e. The van der Waals surface area contributed by atoms with Crippen LogP contribution in [0.25, 0.3) is 21.7 Å². The van der Waals surface area contributed by atoms with Crippen LogP contribution in [0, 0.1) is 23.7 Å². The molecular formula is C80H115N19O18S. The largest absolute Gasteiger partial charge is 0.480 e. The van der Waals surface area contributed by atoms with Crippen molar-refractivity contribution < 1.29 is 87.2 Å². The zero-order valence-electron chi connectivity index (χ0n) is 67.7. The van der Waals surface area contributed by atoms with Gasteiger partial charge in [0.2, 0.25) is 70.9 Å². The number of primary amides is 2. The molecule has 644 valence electrons. The normalized spacial score (nSPS) is 17.4. The van der Waals surface area contributed by atoms with Gasteiger partial charge < -0.3 is 89.9 Å². The number of H-pyrrole nitrogens is 2. The number of fused-ring (bicyclic) bond motifs is 2. The monoisotopic (exact) mass is 1660 g/mol. The standard InChI is InChI=1S/C80H115N19O18S/c1-47(2)34-61(77(114)90-59(72(82)109)24-33-118-6)93-79(116)64(37-55-40-83-46-87-55)89-66(101)41-86-80(117)71(48(3)4)95-73(110)49(5)88-76(113)63(36-54-39-84-58-17-10-9-16-57(54)58)94-75(112)60(22-23-65(81)100)91-78(115)62(35-53-14-11-13-51-12-7-8-15-56(51)53)92-74(111)52-20-18-50(19-21-52)38-85-67(102)42-96-25-27-97(43-68(103)104)29-31-99(45-70(107)108)32-30-98(28-26-96)44-69(105)106/h7-17,39-40,46-50,52,59-64,71,84H,18-38,41-45H2,1-6H3,(H2,81,100)(H2,82,109)(H,83,87)(H,85,102)(H,86,117)(H,88,113)(H,89,101)(H,90,114)(H,91,115)(H,92,111)(H,93,116)(H,94,112)(H,95,110)(H,103,104)(H,105,106)(H,107,108)/t49-,50?,52?,59-,60-,61-,62-,63-,64-,71-/m0/s1. The summed E-state index contributed by atoms with van der Waals surface area (Å²) in [6.45, 7) is 8.59. The summed E-state index contributed by atoms with van der Waals surface area (Å²) in [7, 11) is 0. The van der Waals surface area contributed by atoms with E-state index < -0.39 is 156 Å². The minimum atomic E-state index is -1.56. The first-order chi connectivity index (χ1) is 56.2. The number of amides is 12. The first-order valence-corrected chi connectivity index (χ1v) is 41.2. The lowest BCUT2D eigenvalue weighted by Gasteiger charge is -2.33. The van der Waals surface area contributed by atoms with Crippen LogP contribution in [0.1, 0.15) is 103 Å². The van der Waals surface area contributed by atoms with Crippen LogP contribution in [0.4, 0.5) is 0 Å². The van der Waals surface area contributed by atoms with Gasteiger partial charge in [0, 0.05) is 119 Å². The highest BCUT2D eigenvalue weighted by Gasteiger charge is 2.37. The number of aliphatic carboxylic acids is 3. The average Bonchev–Trinajstić information content (AvgIpc) is 1.21. The summed E-state index contributed by atoms with van der Waals surface area (Å²) < 4.78 is 0. The number of carbonyl (C=O) groups excluding carboxylic acids is 12. The van der Waals surface area contributed by atoms with E-state index in [0.717, 1.165) is 10.8 Å². The summed E-state index contributed by atoms with van der Waals surface area (Å²) in [6.07, 6.45) is 7.26. The van der Waals surface area contributed by atoms with Gasteiger partial charge in [-0.2, -0.15) is 11.8 Å². The van der Waals surface area contributed by atoms with E-state index in [1.165, 1.54) is 31.2 Å². The summed E-state index contributed by atoms with van der Waals surface area (Å²) in [5.41, 5.74) is 13.6. The van der Waals surface area contributed by atoms with E-state index in [4.69, 9.17) is 11.5 Å². The van der Waals surface area contributed by atoms with Crippen LogP contribution in [0.15, 0.2) is 85.5 Å². The first kappa shape index (κ1) is 94.1. The van der Waals surface area contributed by atoms with E-state index in [9.17, 15) is 82.4 Å². The van der Waals surface area contributed by atoms with Crippen molar-refractivity contribution in [1.82, 2.24) is 87.7 Å². The molecule has 0 bridgehead atoms. The molecule has 19 N–H and O–H groups in total. The number of carboxylic acids is 3. The van der Waals surface area contributed by atoms with Gasteiger partial charge in [0.1, 0.15) is 48.3 Å². The number of hydrogen-bond acceptors (Lipinski definition) is 21. The van der Waals surface area contributed by atoms with E-state index in [-0.39, 0.29) is 141 Å². The Bertz CT molecular complexity index is 4230. The van der Waals surface area contributed by atoms with Crippen LogP contribution in [0.2, 0.25) is 0 Å². The molecule has 1 aliphatic carbocycles. The maximum Gasteiger partial charge on any atom is 0.317 e. The number of rotatable bonds is 44. The molecule has 7 rings (SSSR count). The van der Waals surface area contributed by atoms with Crippen molar-refractivity contribution >= 4 is 122 Å². The van der Waals surface area contributed by atoms with Crippen LogP contribution in [-0.4, -0.2) is 291 Å². The zero-order valence-corrected chi connectivity index (χ0v) is 68.5. The summed E-state index contributed by atoms with van der Waals surface area (Å²) in [5.74, 6) is -13.0. The van der Waals surface area contributed by atoms with Crippen molar-refractivity contribution in [2.24, 2.45) is 35.1 Å². The quantitative estimate of drug-likeness (QED) is 0.0215. The number of benzene rings is 3. The Morgan fingerprint density at radius 2 is 1.03 bits per heavy atom. The lowest BCUT2D eigenvalue weighted by molar-refractivity contribution is -0.140. The number of carbonyl (C=O) groups is 15. The molecule has 2 fully saturated rings. The number of imidazole rings is 1. The lowest BCUT2D eigenvalue weighted by atomic mass is 9.81. The Morgan fingerprint density at radius 1 is 0.508 bits per heavy atom. The molecule has 2 aromatic heterocycles. The molecule has 1 saturated carbocycles. The van der Waals surface area contributed by atoms with Gasteiger partial charge in [0.15, 0.2) is 0 Å². The second-order valence-corrected chi connectivity index (χ2v) is 31.9. The van der Waals surface area contributed by atoms with Crippen LogP contribution < -0.4 is 64.6 Å². The lowest BCUT2D eigenvalue weighted by Crippen LogP contribution is -2.60. The summed E-state index contributed by atoms with van der Waals surface area (Å²) >= 11 is 1.45. The van der Waals surface area contributed by atoms with Gasteiger partial charge in [0.25, 0.3) is 0 Å². The number of aromatic amines is 2. The van der Waals surface area contributed by atoms with Crippen molar-refractivity contribution in [3.8, 4) is 0 Å². The molecule has 5 aromatic rings. The Labute approximate surface area is 688 Å². The highest BCUT2D eigenvalue weighted by Crippen LogP contribution is 2.30. The fourth-order valence-corrected chi connectivity index (χ4v) is 14.7. The van der Waals surface area contributed by atoms with Gasteiger partial charge in [-0.25, -0.2) is 4.98 Å². The Morgan fingerprint density at radius 3 is 1.59 bits per heavy atom. The molecule has 0 spiro atoms. The van der Waals surface area contributed by atoms with E-state index >= 15 is 4.79 Å². The zero-order chi connectivity index (χ0) is 86.1. The predicted octanol–water partition coefficient (Wildman–Crippen LogP) is -1.31. The number of thioether (sulfide) groups is 1. The molecule has 1 aliphatic heterocycles. The highest BCUT2D eigenvalue weighted by atomic mass is 32.2. The Kier molecular flexibility index (Phi) is 37.7. The summed E-state index contributed by atoms with van der Waals surface area (Å²) in [5, 5.41) is 58.4. The molecule has 1 saturated heterocycles. The number of nitrogens with zero attached hydrogens (tertiary/aromatic N) is 5. The smallest absolute Gasteiger partial charge is 0.317 e. The van der Waals surface area contributed by atoms with Crippen LogP contribution in [0.5, 0.6) is 0 Å². The van der Waals surface area contributed by atoms with Gasteiger partial charge in [0.05, 0.1) is 39.1 Å². The minimum absolute atomic E-state index is 0.0525. The van der Waals surface area contributed by atoms with E-state index in [0.29, 0.717) is 59.2 Å². The second-order valence-electron chi connectivity index (χ2n) is 30.9. The molecule has 0 unspecified atom stereocenters. The van der Waals surface area contributed by atoms with Crippen molar-refractivity contribution in [3.05, 3.63) is 102 Å². The second kappa shape index (κ2) is 47.3. The fraction of sp³-hybridized carbons (Fsp3) is 0.550. The van der Waals surface area contributed by atoms with Gasteiger partial charge in [-0.1, -0.05) is 88.4 Å². The number of aromatic nitrogens is 3. The molecule has 118 heavy (non-hydrogen) atoms. The number of hydrogen-bond donors (Lipinski definition) is 17. The van der Waals surface area contributed by atoms with Crippen LogP contribution in [0.3, 0.4) is 0 Å². The number of nitrogens with two attached hydrogens (primary N) is 2. The van der Waals surface area contributed by atoms with Crippen LogP contribution in [-0.2, 0) is 91.2 Å². The molecule has 37 nitrogen and oxygen atoms in total. The molecule has 3 aromatic carbocycles. The molecule has 2 aliphatic rings. The third-order valence-electron chi connectivity index (χ3n) is 20.8. The van der Waals surface area contributed by atoms with Crippen molar-refractivity contribution in [3.63, 3.8) is 0 Å². The topological polar surface area (TPSA) is 547 Å². The highest BCUT2D eigenvalue weighted by molar-refractivity contribution is 7.98. The molecule has 12 amide bonds. The van der Waals surface area contributed by atoms with Crippen LogP contribution >= 0.6 is 11.8 Å². The third kappa shape index (κ3) is 31.4. The summed E-state index contributed by atoms with van der Waals surface area (Å²) in [6, 6.07) is 9.50. The Hall–Kier alpha value is -11.1. The number of para-hydroxylation sites is 1. The maximum atomic E-state index is 15.1. The molecule has 38 heteroatoms. The first-order valence-electron chi connectivity index (χ1n) is 39.8. The maximum absolute atomic E-state index is 15.1. The molecule has 0 radical (unpaired) electrons. The number of nitrogens with one attached hydrogen (secondary N) is 12. The van der Waals surface area contributed by atoms with E-state index in [1.807, 2.05) is 61.4 Å². The van der Waals surface area contributed by atoms with Gasteiger partial charge in [-0.3, -0.25) is 91.5 Å². The van der Waals surface area contributed by atoms with Crippen molar-refractivity contribution in [1.29, 1.82) is 0 Å². The number of carboxylic acid groups (broad SMARTS) is 3. The average molecular weight is 1660 g/mol. The predicted molar refractivity (Wildman–Crippen MR) is 438 cm³/mol. The fourth-order valence-electron chi connectivity index (χ4n) is 14.3. The Balaban J connectivity index is 1.01. The van der Waals surface area contributed by atoms with Gasteiger partial charge >= 0.3 is 17.9 Å². The molecule has 8 atom stereocenters. The van der Waals surface area contributed by atoms with E-state index in [1.54, 1.807) is 65.1 Å². The van der Waals surface area contributed by atoms with Crippen molar-refractivity contribution in [2.75, 3.05) is 104 Å². The van der Waals surface area contributed by atoms with E-state index in [2.05, 4.69) is 68.1 Å². The van der Waals surface area contributed by atoms with Gasteiger partial charge in [-0.15, -0.1) is 0 Å². The molecular weight excluding hydrogens is 1550 g/mol. The summed E-state index contributed by atoms with van der Waals surface area (Å²) in [4.78, 5) is 220. The third-order valence-corrected chi connectivity index (χ3v) is 21.5. The molecule has 3 heterocycles. The van der Waals surface area contributed by atoms with Gasteiger partial charge in [-0.05, 0) is 110 Å². The van der Waals surface area contributed by atoms with Crippen molar-refractivity contribution in [2.45, 2.75) is 154 Å². The SMILES string of the molecule is CSCC[C@H](NC(=O)[C@H](CC(C)C)NC(=O)[C@H](Cc1cnc[nH]1)NC(=O)CNC(=O)[C@@H](NC(=O)[C@H](C)NC(=O)[C@H](Cc1c[nH]c2ccccc12)NC(=O)[C@H](CCC(N)=O)NC(=O)[C@H](Cc1cccc2ccccc12)NC(=O)C1CCC(CNC(=O)CN2CCN(CC(=O)O)CCN(CC(=O)O)CCN(CC(=O)O)CC2)CC1)C(C)C)C(N)=O.